The highest BCUT2D eigenvalue weighted by Gasteiger charge is 2.31. The van der Waals surface area contributed by atoms with Crippen molar-refractivity contribution in [1.82, 2.24) is 19.7 Å². The molecule has 3 aromatic heterocycles. The zero-order valence-electron chi connectivity index (χ0n) is 17.0. The lowest BCUT2D eigenvalue weighted by Crippen LogP contribution is -2.13. The molecule has 0 aliphatic carbocycles. The monoisotopic (exact) mass is 498 g/mol. The lowest BCUT2D eigenvalue weighted by Gasteiger charge is -2.08. The van der Waals surface area contributed by atoms with Crippen molar-refractivity contribution in [3.8, 4) is 27.6 Å². The summed E-state index contributed by atoms with van der Waals surface area (Å²) >= 11 is 2.42. The highest BCUT2D eigenvalue weighted by molar-refractivity contribution is 7.13. The van der Waals surface area contributed by atoms with E-state index in [0.717, 1.165) is 22.4 Å². The Morgan fingerprint density at radius 1 is 0.971 bits per heavy atom. The molecule has 5 aromatic rings. The number of hydrogen-bond acceptors (Lipinski definition) is 7. The quantitative estimate of drug-likeness (QED) is 0.269. The van der Waals surface area contributed by atoms with Gasteiger partial charge >= 0.3 is 11.7 Å². The fourth-order valence-electron chi connectivity index (χ4n) is 3.17. The van der Waals surface area contributed by atoms with Gasteiger partial charge in [-0.15, -0.1) is 32.9 Å². The maximum atomic E-state index is 13.3. The SMILES string of the molecule is O=c1c(N=Nc2nccs2)c(-c2cccc(C(F)(F)F)c2)[nH]n1-c1nc(-c2ccccc2)cs1. The van der Waals surface area contributed by atoms with E-state index in [9.17, 15) is 18.0 Å². The molecular weight excluding hydrogens is 485 g/mol. The Morgan fingerprint density at radius 3 is 2.50 bits per heavy atom. The van der Waals surface area contributed by atoms with Gasteiger partial charge in [-0.05, 0) is 12.1 Å². The minimum atomic E-state index is -4.54. The second kappa shape index (κ2) is 8.80. The molecule has 0 unspecified atom stereocenters. The molecule has 0 fully saturated rings. The van der Waals surface area contributed by atoms with Gasteiger partial charge in [0.15, 0.2) is 5.69 Å². The van der Waals surface area contributed by atoms with E-state index in [1.807, 2.05) is 30.3 Å². The number of benzene rings is 2. The molecule has 7 nitrogen and oxygen atoms in total. The zero-order chi connectivity index (χ0) is 23.7. The van der Waals surface area contributed by atoms with Crippen LogP contribution in [0.1, 0.15) is 5.56 Å². The molecule has 170 valence electrons. The number of nitrogens with zero attached hydrogens (tertiary/aromatic N) is 5. The molecule has 2 aromatic carbocycles. The van der Waals surface area contributed by atoms with Gasteiger partial charge in [0.1, 0.15) is 0 Å². The van der Waals surface area contributed by atoms with Crippen LogP contribution >= 0.6 is 22.7 Å². The average Bonchev–Trinajstić information content (AvgIpc) is 3.58. The third kappa shape index (κ3) is 4.32. The predicted octanol–water partition coefficient (Wildman–Crippen LogP) is 6.85. The molecule has 0 aliphatic rings. The summed E-state index contributed by atoms with van der Waals surface area (Å²) < 4.78 is 41.0. The van der Waals surface area contributed by atoms with E-state index >= 15 is 0 Å². The van der Waals surface area contributed by atoms with E-state index in [2.05, 4.69) is 25.3 Å². The fourth-order valence-corrected chi connectivity index (χ4v) is 4.42. The van der Waals surface area contributed by atoms with E-state index < -0.39 is 17.3 Å². The van der Waals surface area contributed by atoms with Crippen LogP contribution in [0, 0.1) is 0 Å². The number of H-pyrrole nitrogens is 1. The van der Waals surface area contributed by atoms with Gasteiger partial charge in [-0.3, -0.25) is 9.89 Å². The Hall–Kier alpha value is -3.90. The Morgan fingerprint density at radius 2 is 1.76 bits per heavy atom. The van der Waals surface area contributed by atoms with Crippen molar-refractivity contribution in [3.63, 3.8) is 0 Å². The molecule has 3 heterocycles. The lowest BCUT2D eigenvalue weighted by molar-refractivity contribution is -0.137. The van der Waals surface area contributed by atoms with Crippen LogP contribution in [-0.4, -0.2) is 19.7 Å². The largest absolute Gasteiger partial charge is 0.416 e. The first kappa shape index (κ1) is 21.9. The second-order valence-corrected chi connectivity index (χ2v) is 8.66. The number of rotatable bonds is 5. The van der Waals surface area contributed by atoms with Gasteiger partial charge in [-0.25, -0.2) is 9.97 Å². The van der Waals surface area contributed by atoms with Crippen LogP contribution in [0.5, 0.6) is 0 Å². The molecule has 0 bridgehead atoms. The number of aromatic nitrogens is 4. The summed E-state index contributed by atoms with van der Waals surface area (Å²) in [6.45, 7) is 0. The second-order valence-electron chi connectivity index (χ2n) is 6.95. The average molecular weight is 499 g/mol. The van der Waals surface area contributed by atoms with Crippen LogP contribution in [0.4, 0.5) is 24.0 Å². The topological polar surface area (TPSA) is 88.3 Å². The van der Waals surface area contributed by atoms with Gasteiger partial charge in [0.25, 0.3) is 0 Å². The van der Waals surface area contributed by atoms with Crippen LogP contribution in [0.3, 0.4) is 0 Å². The highest BCUT2D eigenvalue weighted by atomic mass is 32.1. The van der Waals surface area contributed by atoms with Gasteiger partial charge in [-0.1, -0.05) is 42.5 Å². The Bertz CT molecular complexity index is 1520. The molecule has 0 saturated carbocycles. The molecule has 0 saturated heterocycles. The molecule has 1 N–H and O–H groups in total. The summed E-state index contributed by atoms with van der Waals surface area (Å²) in [6, 6.07) is 14.0. The molecule has 0 radical (unpaired) electrons. The predicted molar refractivity (Wildman–Crippen MR) is 124 cm³/mol. The van der Waals surface area contributed by atoms with E-state index in [0.29, 0.717) is 16.0 Å². The third-order valence-corrected chi connectivity index (χ3v) is 6.23. The Labute approximate surface area is 197 Å². The van der Waals surface area contributed by atoms with Crippen molar-refractivity contribution in [1.29, 1.82) is 0 Å². The molecule has 0 atom stereocenters. The highest BCUT2D eigenvalue weighted by Crippen LogP contribution is 2.35. The smallest absolute Gasteiger partial charge is 0.286 e. The molecule has 0 spiro atoms. The molecule has 12 heteroatoms. The number of halogens is 3. The van der Waals surface area contributed by atoms with Gasteiger partial charge in [0.2, 0.25) is 10.3 Å². The summed E-state index contributed by atoms with van der Waals surface area (Å²) in [5.74, 6) is 0. The lowest BCUT2D eigenvalue weighted by atomic mass is 10.1. The minimum Gasteiger partial charge on any atom is -0.286 e. The van der Waals surface area contributed by atoms with Crippen LogP contribution in [0.2, 0.25) is 0 Å². The summed E-state index contributed by atoms with van der Waals surface area (Å²) in [4.78, 5) is 21.8. The maximum absolute atomic E-state index is 13.3. The van der Waals surface area contributed by atoms with Crippen LogP contribution in [0.15, 0.2) is 86.6 Å². The first-order valence-electron chi connectivity index (χ1n) is 9.75. The van der Waals surface area contributed by atoms with E-state index in [-0.39, 0.29) is 16.9 Å². The molecule has 0 aliphatic heterocycles. The zero-order valence-corrected chi connectivity index (χ0v) is 18.7. The maximum Gasteiger partial charge on any atom is 0.416 e. The minimum absolute atomic E-state index is 0.0906. The van der Waals surface area contributed by atoms with Crippen LogP contribution < -0.4 is 5.56 Å². The van der Waals surface area contributed by atoms with Gasteiger partial charge in [0, 0.05) is 28.1 Å². The number of thiazole rings is 2. The first-order valence-corrected chi connectivity index (χ1v) is 11.5. The first-order chi connectivity index (χ1) is 16.4. The molecule has 0 amide bonds. The molecular formula is C22H13F3N6OS2. The summed E-state index contributed by atoms with van der Waals surface area (Å²) in [7, 11) is 0. The van der Waals surface area contributed by atoms with Crippen molar-refractivity contribution in [3.05, 3.63) is 87.5 Å². The fraction of sp³-hybridized carbons (Fsp3) is 0.0455. The number of azo groups is 1. The van der Waals surface area contributed by atoms with E-state index in [1.165, 1.54) is 41.0 Å². The Kier molecular flexibility index (Phi) is 5.67. The van der Waals surface area contributed by atoms with Crippen molar-refractivity contribution in [2.75, 3.05) is 0 Å². The molecule has 5 rings (SSSR count). The van der Waals surface area contributed by atoms with E-state index in [1.54, 1.807) is 10.8 Å². The van der Waals surface area contributed by atoms with Crippen molar-refractivity contribution < 1.29 is 13.2 Å². The van der Waals surface area contributed by atoms with Gasteiger partial charge < -0.3 is 0 Å². The standard InChI is InChI=1S/C22H13F3N6OS2/c23-22(24,25)15-8-4-7-14(11-15)17-18(28-29-20-26-9-10-33-20)19(32)31(30-17)21-27-16(12-34-21)13-5-2-1-3-6-13/h1-12,30H. The molecule has 34 heavy (non-hydrogen) atoms. The van der Waals surface area contributed by atoms with Crippen LogP contribution in [-0.2, 0) is 6.18 Å². The normalized spacial score (nSPS) is 12.0. The van der Waals surface area contributed by atoms with E-state index in [4.69, 9.17) is 0 Å². The van der Waals surface area contributed by atoms with Crippen LogP contribution in [0.25, 0.3) is 27.6 Å². The van der Waals surface area contributed by atoms with Gasteiger partial charge in [0.05, 0.1) is 17.0 Å². The number of nitrogens with one attached hydrogen (secondary N) is 1. The van der Waals surface area contributed by atoms with Gasteiger partial charge in [-0.2, -0.15) is 17.9 Å². The number of aromatic amines is 1. The van der Waals surface area contributed by atoms with Crippen molar-refractivity contribution in [2.24, 2.45) is 10.2 Å². The summed E-state index contributed by atoms with van der Waals surface area (Å²) in [5, 5.41) is 15.0. The number of alkyl halides is 3. The summed E-state index contributed by atoms with van der Waals surface area (Å²) in [6.07, 6.45) is -3.01. The third-order valence-electron chi connectivity index (χ3n) is 4.75. The summed E-state index contributed by atoms with van der Waals surface area (Å²) in [5.41, 5.74) is 0.168. The van der Waals surface area contributed by atoms with Crippen molar-refractivity contribution >= 4 is 33.5 Å². The number of hydrogen-bond donors (Lipinski definition) is 1. The Balaban J connectivity index is 1.64. The van der Waals surface area contributed by atoms with Crippen molar-refractivity contribution in [2.45, 2.75) is 6.18 Å².